The molecule has 0 aromatic rings. The molecule has 0 saturated heterocycles. The molecule has 0 saturated carbocycles. The zero-order valence-electron chi connectivity index (χ0n) is 8.95. The summed E-state index contributed by atoms with van der Waals surface area (Å²) >= 11 is 0. The number of ether oxygens (including phenoxy) is 1. The lowest BCUT2D eigenvalue weighted by Gasteiger charge is -2.15. The van der Waals surface area contributed by atoms with Gasteiger partial charge in [0.25, 0.3) is 0 Å². The van der Waals surface area contributed by atoms with Gasteiger partial charge in [-0.05, 0) is 20.4 Å². The van der Waals surface area contributed by atoms with Crippen LogP contribution >= 0.6 is 0 Å². The van der Waals surface area contributed by atoms with E-state index >= 15 is 0 Å². The number of nitrogens with one attached hydrogen (secondary N) is 1. The molecule has 0 heterocycles. The maximum absolute atomic E-state index is 11.7. The normalized spacial score (nSPS) is 13.1. The molecule has 0 rings (SSSR count). The van der Waals surface area contributed by atoms with E-state index in [9.17, 15) is 13.2 Å². The summed E-state index contributed by atoms with van der Waals surface area (Å²) in [7, 11) is 1.70. The summed E-state index contributed by atoms with van der Waals surface area (Å²) in [6, 6.07) is -0.0757. The Morgan fingerprint density at radius 3 is 2.53 bits per heavy atom. The molecule has 0 aromatic heterocycles. The van der Waals surface area contributed by atoms with Crippen molar-refractivity contribution in [1.82, 2.24) is 5.32 Å². The molecule has 5 heteroatoms. The molecule has 0 spiro atoms. The summed E-state index contributed by atoms with van der Waals surface area (Å²) in [6.45, 7) is 0.598. The van der Waals surface area contributed by atoms with Gasteiger partial charge < -0.3 is 10.1 Å². The Balaban J connectivity index is 3.64. The van der Waals surface area contributed by atoms with Crippen molar-refractivity contribution in [2.45, 2.75) is 32.0 Å². The van der Waals surface area contributed by atoms with Crippen molar-refractivity contribution in [3.05, 3.63) is 0 Å². The highest BCUT2D eigenvalue weighted by Crippen LogP contribution is 2.14. The molecular formula is C10H16F3NO. The van der Waals surface area contributed by atoms with Crippen molar-refractivity contribution in [3.8, 4) is 11.8 Å². The Kier molecular flexibility index (Phi) is 7.18. The minimum atomic E-state index is -4.25. The number of halogens is 3. The summed E-state index contributed by atoms with van der Waals surface area (Å²) in [6.07, 6.45) is -2.89. The van der Waals surface area contributed by atoms with Gasteiger partial charge in [0.05, 0.1) is 6.61 Å². The largest absolute Gasteiger partial charge is 0.411 e. The second-order valence-corrected chi connectivity index (χ2v) is 3.08. The van der Waals surface area contributed by atoms with Gasteiger partial charge in [0.15, 0.2) is 0 Å². The Bertz CT molecular complexity index is 217. The van der Waals surface area contributed by atoms with E-state index in [4.69, 9.17) is 0 Å². The molecule has 2 nitrogen and oxygen atoms in total. The van der Waals surface area contributed by atoms with Crippen molar-refractivity contribution in [3.63, 3.8) is 0 Å². The van der Waals surface area contributed by atoms with Crippen LogP contribution in [-0.2, 0) is 4.74 Å². The summed E-state index contributed by atoms with van der Waals surface area (Å²) in [5.41, 5.74) is 0. The van der Waals surface area contributed by atoms with Gasteiger partial charge in [-0.3, -0.25) is 0 Å². The second-order valence-electron chi connectivity index (χ2n) is 3.08. The highest BCUT2D eigenvalue weighted by Gasteiger charge is 2.27. The van der Waals surface area contributed by atoms with E-state index in [2.05, 4.69) is 21.9 Å². The molecule has 15 heavy (non-hydrogen) atoms. The first-order chi connectivity index (χ1) is 6.99. The lowest BCUT2D eigenvalue weighted by Crippen LogP contribution is -2.32. The van der Waals surface area contributed by atoms with Gasteiger partial charge in [-0.15, -0.1) is 11.8 Å². The topological polar surface area (TPSA) is 21.3 Å². The van der Waals surface area contributed by atoms with Crippen molar-refractivity contribution < 1.29 is 17.9 Å². The summed E-state index contributed by atoms with van der Waals surface area (Å²) in [4.78, 5) is 0. The van der Waals surface area contributed by atoms with Gasteiger partial charge in [0.2, 0.25) is 0 Å². The third kappa shape index (κ3) is 9.57. The average molecular weight is 223 g/mol. The fourth-order valence-corrected chi connectivity index (χ4v) is 0.999. The standard InChI is InChI=1S/C10H16F3NO/c1-3-4-5-6-9(14-2)7-15-8-10(11,12)13/h9,14H,5-8H2,1-2H3. The van der Waals surface area contributed by atoms with E-state index in [1.54, 1.807) is 14.0 Å². The van der Waals surface area contributed by atoms with Crippen LogP contribution in [0.1, 0.15) is 19.8 Å². The molecule has 0 aromatic carbocycles. The molecule has 0 amide bonds. The van der Waals surface area contributed by atoms with E-state index < -0.39 is 12.8 Å². The molecule has 0 aliphatic heterocycles. The van der Waals surface area contributed by atoms with Crippen LogP contribution in [0.4, 0.5) is 13.2 Å². The Morgan fingerprint density at radius 2 is 2.07 bits per heavy atom. The van der Waals surface area contributed by atoms with Crippen LogP contribution in [0.2, 0.25) is 0 Å². The van der Waals surface area contributed by atoms with Crippen molar-refractivity contribution >= 4 is 0 Å². The van der Waals surface area contributed by atoms with E-state index in [0.717, 1.165) is 0 Å². The van der Waals surface area contributed by atoms with Crippen LogP contribution in [0, 0.1) is 11.8 Å². The van der Waals surface area contributed by atoms with Gasteiger partial charge >= 0.3 is 6.18 Å². The van der Waals surface area contributed by atoms with E-state index in [-0.39, 0.29) is 12.6 Å². The summed E-state index contributed by atoms with van der Waals surface area (Å²) in [5, 5.41) is 2.89. The lowest BCUT2D eigenvalue weighted by atomic mass is 10.2. The first-order valence-electron chi connectivity index (χ1n) is 4.71. The Hall–Kier alpha value is -0.730. The number of alkyl halides is 3. The molecule has 0 radical (unpaired) electrons. The monoisotopic (exact) mass is 223 g/mol. The predicted octanol–water partition coefficient (Wildman–Crippen LogP) is 1.96. The molecule has 1 atom stereocenters. The highest BCUT2D eigenvalue weighted by atomic mass is 19.4. The smallest absolute Gasteiger partial charge is 0.370 e. The molecule has 0 aliphatic carbocycles. The zero-order chi connectivity index (χ0) is 11.7. The third-order valence-electron chi connectivity index (χ3n) is 1.79. The molecule has 88 valence electrons. The van der Waals surface area contributed by atoms with Crippen molar-refractivity contribution in [2.24, 2.45) is 0 Å². The van der Waals surface area contributed by atoms with Gasteiger partial charge in [-0.25, -0.2) is 0 Å². The van der Waals surface area contributed by atoms with Crippen LogP contribution in [0.5, 0.6) is 0 Å². The summed E-state index contributed by atoms with van der Waals surface area (Å²) < 4.78 is 39.8. The average Bonchev–Trinajstić information content (AvgIpc) is 2.14. The molecule has 1 N–H and O–H groups in total. The first-order valence-corrected chi connectivity index (χ1v) is 4.71. The molecule has 0 aliphatic rings. The zero-order valence-corrected chi connectivity index (χ0v) is 8.95. The number of hydrogen-bond acceptors (Lipinski definition) is 2. The second kappa shape index (κ2) is 7.55. The lowest BCUT2D eigenvalue weighted by molar-refractivity contribution is -0.175. The number of rotatable bonds is 6. The van der Waals surface area contributed by atoms with Crippen LogP contribution in [0.15, 0.2) is 0 Å². The van der Waals surface area contributed by atoms with Crippen LogP contribution in [0.25, 0.3) is 0 Å². The minimum Gasteiger partial charge on any atom is -0.370 e. The Morgan fingerprint density at radius 1 is 1.40 bits per heavy atom. The van der Waals surface area contributed by atoms with Gasteiger partial charge in [-0.1, -0.05) is 0 Å². The highest BCUT2D eigenvalue weighted by molar-refractivity contribution is 4.95. The molecule has 0 fully saturated rings. The van der Waals surface area contributed by atoms with Crippen LogP contribution < -0.4 is 5.32 Å². The van der Waals surface area contributed by atoms with E-state index in [1.165, 1.54) is 0 Å². The maximum atomic E-state index is 11.7. The predicted molar refractivity (Wildman–Crippen MR) is 52.4 cm³/mol. The van der Waals surface area contributed by atoms with Crippen molar-refractivity contribution in [1.29, 1.82) is 0 Å². The van der Waals surface area contributed by atoms with Gasteiger partial charge in [0.1, 0.15) is 6.61 Å². The fraction of sp³-hybridized carbons (Fsp3) is 0.800. The van der Waals surface area contributed by atoms with Crippen LogP contribution in [-0.4, -0.2) is 32.5 Å². The van der Waals surface area contributed by atoms with E-state index in [1.807, 2.05) is 0 Å². The molecule has 1 unspecified atom stereocenters. The van der Waals surface area contributed by atoms with E-state index in [0.29, 0.717) is 12.8 Å². The maximum Gasteiger partial charge on any atom is 0.411 e. The minimum absolute atomic E-state index is 0.0569. The molecule has 0 bridgehead atoms. The first kappa shape index (κ1) is 14.3. The quantitative estimate of drug-likeness (QED) is 0.695. The van der Waals surface area contributed by atoms with Crippen molar-refractivity contribution in [2.75, 3.05) is 20.3 Å². The SMILES string of the molecule is CC#CCCC(COCC(F)(F)F)NC. The van der Waals surface area contributed by atoms with Gasteiger partial charge in [-0.2, -0.15) is 13.2 Å². The Labute approximate surface area is 88.2 Å². The third-order valence-corrected chi connectivity index (χ3v) is 1.79. The van der Waals surface area contributed by atoms with Crippen LogP contribution in [0.3, 0.4) is 0 Å². The molecular weight excluding hydrogens is 207 g/mol. The fourth-order valence-electron chi connectivity index (χ4n) is 0.999. The number of hydrogen-bond donors (Lipinski definition) is 1. The van der Waals surface area contributed by atoms with Gasteiger partial charge in [0, 0.05) is 12.5 Å². The number of likely N-dealkylation sites (N-methyl/N-ethyl adjacent to an activating group) is 1. The summed E-state index contributed by atoms with van der Waals surface area (Å²) in [5.74, 6) is 5.58.